The van der Waals surface area contributed by atoms with E-state index >= 15 is 0 Å². The summed E-state index contributed by atoms with van der Waals surface area (Å²) in [7, 11) is -3.28. The van der Waals surface area contributed by atoms with Crippen LogP contribution in [-0.4, -0.2) is 19.6 Å². The molecule has 0 unspecified atom stereocenters. The lowest BCUT2D eigenvalue weighted by Gasteiger charge is -2.09. The van der Waals surface area contributed by atoms with E-state index in [4.69, 9.17) is 4.42 Å². The van der Waals surface area contributed by atoms with Gasteiger partial charge in [0.1, 0.15) is 10.7 Å². The number of furan rings is 1. The maximum atomic E-state index is 11.5. The van der Waals surface area contributed by atoms with Gasteiger partial charge < -0.3 is 9.73 Å². The fraction of sp³-hybridized carbons (Fsp3) is 0.231. The summed E-state index contributed by atoms with van der Waals surface area (Å²) in [5.41, 5.74) is 1.50. The molecular formula is C13H14N2O5S. The van der Waals surface area contributed by atoms with Crippen molar-refractivity contribution in [2.24, 2.45) is 0 Å². The normalized spacial score (nSPS) is 11.3. The lowest BCUT2D eigenvalue weighted by molar-refractivity contribution is -0.402. The highest BCUT2D eigenvalue weighted by Gasteiger charge is 2.13. The van der Waals surface area contributed by atoms with Gasteiger partial charge in [0.2, 0.25) is 0 Å². The highest BCUT2D eigenvalue weighted by molar-refractivity contribution is 7.90. The molecule has 0 radical (unpaired) electrons. The van der Waals surface area contributed by atoms with Crippen molar-refractivity contribution in [3.8, 4) is 0 Å². The molecule has 0 bridgehead atoms. The van der Waals surface area contributed by atoms with E-state index in [-0.39, 0.29) is 17.3 Å². The van der Waals surface area contributed by atoms with Crippen molar-refractivity contribution in [1.82, 2.24) is 0 Å². The molecule has 0 amide bonds. The number of rotatable bonds is 5. The van der Waals surface area contributed by atoms with E-state index in [0.717, 1.165) is 11.8 Å². The fourth-order valence-electron chi connectivity index (χ4n) is 1.76. The van der Waals surface area contributed by atoms with Crippen molar-refractivity contribution in [2.45, 2.75) is 18.4 Å². The lowest BCUT2D eigenvalue weighted by atomic mass is 10.2. The summed E-state index contributed by atoms with van der Waals surface area (Å²) >= 11 is 0. The van der Waals surface area contributed by atoms with Crippen molar-refractivity contribution < 1.29 is 17.8 Å². The minimum absolute atomic E-state index is 0.209. The number of anilines is 1. The number of sulfone groups is 1. The molecular weight excluding hydrogens is 296 g/mol. The van der Waals surface area contributed by atoms with Gasteiger partial charge >= 0.3 is 5.88 Å². The van der Waals surface area contributed by atoms with E-state index < -0.39 is 14.8 Å². The van der Waals surface area contributed by atoms with Crippen LogP contribution >= 0.6 is 0 Å². The summed E-state index contributed by atoms with van der Waals surface area (Å²) < 4.78 is 28.1. The molecule has 1 aromatic carbocycles. The van der Waals surface area contributed by atoms with E-state index in [9.17, 15) is 18.5 Å². The molecule has 21 heavy (non-hydrogen) atoms. The van der Waals surface area contributed by atoms with Crippen molar-refractivity contribution >= 4 is 21.4 Å². The zero-order chi connectivity index (χ0) is 15.6. The molecule has 2 rings (SSSR count). The lowest BCUT2D eigenvalue weighted by Crippen LogP contribution is -2.03. The topological polar surface area (TPSA) is 102 Å². The zero-order valence-corrected chi connectivity index (χ0v) is 12.3. The zero-order valence-electron chi connectivity index (χ0n) is 11.5. The Morgan fingerprint density at radius 3 is 2.57 bits per heavy atom. The SMILES string of the molecule is Cc1ccc(S(C)(=O)=O)cc1NCc1ccc([N+](=O)[O-])o1. The quantitative estimate of drug-likeness (QED) is 0.672. The van der Waals surface area contributed by atoms with Gasteiger partial charge in [-0.05, 0) is 30.7 Å². The number of hydrogen-bond acceptors (Lipinski definition) is 6. The van der Waals surface area contributed by atoms with Gasteiger partial charge in [-0.1, -0.05) is 6.07 Å². The van der Waals surface area contributed by atoms with E-state index in [1.54, 1.807) is 6.07 Å². The monoisotopic (exact) mass is 310 g/mol. The van der Waals surface area contributed by atoms with Crippen molar-refractivity contribution in [3.63, 3.8) is 0 Å². The van der Waals surface area contributed by atoms with Crippen LogP contribution in [0.5, 0.6) is 0 Å². The highest BCUT2D eigenvalue weighted by atomic mass is 32.2. The molecule has 7 nitrogen and oxygen atoms in total. The molecule has 0 atom stereocenters. The molecule has 2 aromatic rings. The Balaban J connectivity index is 2.17. The van der Waals surface area contributed by atoms with Crippen molar-refractivity contribution in [1.29, 1.82) is 0 Å². The van der Waals surface area contributed by atoms with Gasteiger partial charge in [0.25, 0.3) is 0 Å². The minimum atomic E-state index is -3.28. The highest BCUT2D eigenvalue weighted by Crippen LogP contribution is 2.22. The Bertz CT molecular complexity index is 780. The molecule has 0 aliphatic heterocycles. The third-order valence-electron chi connectivity index (χ3n) is 2.92. The molecule has 0 spiro atoms. The minimum Gasteiger partial charge on any atom is -0.404 e. The van der Waals surface area contributed by atoms with Crippen LogP contribution in [0.4, 0.5) is 11.6 Å². The maximum absolute atomic E-state index is 11.5. The molecule has 0 aliphatic carbocycles. The van der Waals surface area contributed by atoms with Gasteiger partial charge in [-0.3, -0.25) is 10.1 Å². The fourth-order valence-corrected chi connectivity index (χ4v) is 2.41. The summed E-state index contributed by atoms with van der Waals surface area (Å²) in [6.07, 6.45) is 1.14. The first-order valence-corrected chi connectivity index (χ1v) is 7.94. The molecule has 1 aromatic heterocycles. The predicted octanol–water partition coefficient (Wildman–Crippen LogP) is 2.51. The second kappa shape index (κ2) is 5.57. The van der Waals surface area contributed by atoms with Crippen LogP contribution < -0.4 is 5.32 Å². The number of nitrogens with zero attached hydrogens (tertiary/aromatic N) is 1. The average Bonchev–Trinajstić information content (AvgIpc) is 2.85. The van der Waals surface area contributed by atoms with Crippen molar-refractivity contribution in [2.75, 3.05) is 11.6 Å². The van der Waals surface area contributed by atoms with Crippen LogP contribution in [0, 0.1) is 17.0 Å². The number of nitrogens with one attached hydrogen (secondary N) is 1. The Morgan fingerprint density at radius 1 is 1.29 bits per heavy atom. The Hall–Kier alpha value is -2.35. The molecule has 0 fully saturated rings. The van der Waals surface area contributed by atoms with Gasteiger partial charge in [0.15, 0.2) is 9.84 Å². The van der Waals surface area contributed by atoms with Gasteiger partial charge in [-0.2, -0.15) is 0 Å². The van der Waals surface area contributed by atoms with Crippen molar-refractivity contribution in [3.05, 3.63) is 51.8 Å². The smallest absolute Gasteiger partial charge is 0.404 e. The largest absolute Gasteiger partial charge is 0.433 e. The van der Waals surface area contributed by atoms with Crippen LogP contribution in [0.25, 0.3) is 0 Å². The molecule has 0 saturated carbocycles. The van der Waals surface area contributed by atoms with Gasteiger partial charge in [-0.25, -0.2) is 8.42 Å². The molecule has 1 heterocycles. The number of benzene rings is 1. The molecule has 0 saturated heterocycles. The van der Waals surface area contributed by atoms with Crippen LogP contribution in [0.3, 0.4) is 0 Å². The third-order valence-corrected chi connectivity index (χ3v) is 4.03. The molecule has 8 heteroatoms. The van der Waals surface area contributed by atoms with Crippen LogP contribution in [0.15, 0.2) is 39.6 Å². The van der Waals surface area contributed by atoms with Crippen LogP contribution in [0.2, 0.25) is 0 Å². The van der Waals surface area contributed by atoms with E-state index in [2.05, 4.69) is 5.32 Å². The van der Waals surface area contributed by atoms with E-state index in [1.807, 2.05) is 6.92 Å². The Labute approximate surface area is 121 Å². The number of aryl methyl sites for hydroxylation is 1. The summed E-state index contributed by atoms with van der Waals surface area (Å²) in [4.78, 5) is 10.1. The van der Waals surface area contributed by atoms with Gasteiger partial charge in [0, 0.05) is 11.9 Å². The number of hydrogen-bond donors (Lipinski definition) is 1. The Kier molecular flexibility index (Phi) is 3.99. The molecule has 1 N–H and O–H groups in total. The first-order valence-electron chi connectivity index (χ1n) is 6.05. The standard InChI is InChI=1S/C13H14N2O5S/c1-9-3-5-11(21(2,18)19)7-12(9)14-8-10-4-6-13(20-10)15(16)17/h3-7,14H,8H2,1-2H3. The van der Waals surface area contributed by atoms with Gasteiger partial charge in [-0.15, -0.1) is 0 Å². The predicted molar refractivity (Wildman–Crippen MR) is 77.0 cm³/mol. The third kappa shape index (κ3) is 3.60. The van der Waals surface area contributed by atoms with Crippen LogP contribution in [0.1, 0.15) is 11.3 Å². The van der Waals surface area contributed by atoms with E-state index in [0.29, 0.717) is 11.4 Å². The Morgan fingerprint density at radius 2 is 2.00 bits per heavy atom. The summed E-state index contributed by atoms with van der Waals surface area (Å²) in [5.74, 6) is 0.0688. The summed E-state index contributed by atoms with van der Waals surface area (Å²) in [6, 6.07) is 7.54. The summed E-state index contributed by atoms with van der Waals surface area (Å²) in [6.45, 7) is 2.06. The second-order valence-electron chi connectivity index (χ2n) is 4.60. The van der Waals surface area contributed by atoms with Crippen LogP contribution in [-0.2, 0) is 16.4 Å². The first-order chi connectivity index (χ1) is 9.77. The number of nitro groups is 1. The maximum Gasteiger partial charge on any atom is 0.433 e. The molecule has 112 valence electrons. The molecule has 0 aliphatic rings. The summed E-state index contributed by atoms with van der Waals surface area (Å²) in [5, 5.41) is 13.5. The second-order valence-corrected chi connectivity index (χ2v) is 6.62. The van der Waals surface area contributed by atoms with E-state index in [1.165, 1.54) is 24.3 Å². The first kappa shape index (κ1) is 15.0. The van der Waals surface area contributed by atoms with Gasteiger partial charge in [0.05, 0.1) is 17.5 Å². The average molecular weight is 310 g/mol.